The molecule has 1 aliphatic heterocycles. The van der Waals surface area contributed by atoms with Crippen molar-refractivity contribution in [1.29, 1.82) is 0 Å². The molecule has 0 fully saturated rings. The fraction of sp³-hybridized carbons (Fsp3) is 0.417. The van der Waals surface area contributed by atoms with Gasteiger partial charge < -0.3 is 19.3 Å². The van der Waals surface area contributed by atoms with Crippen LogP contribution in [0.3, 0.4) is 0 Å². The van der Waals surface area contributed by atoms with Crippen LogP contribution >= 0.6 is 0 Å². The topological polar surface area (TPSA) is 88.8 Å². The number of amides is 1. The first kappa shape index (κ1) is 13.1. The van der Waals surface area contributed by atoms with Crippen LogP contribution in [0, 0.1) is 0 Å². The van der Waals surface area contributed by atoms with Gasteiger partial charge in [-0.1, -0.05) is 0 Å². The van der Waals surface area contributed by atoms with E-state index in [2.05, 4.69) is 0 Å². The number of carbonyl (C=O) groups is 2. The molecule has 2 rings (SSSR count). The lowest BCUT2D eigenvalue weighted by Crippen LogP contribution is -2.45. The number of carboxylic acids is 1. The SMILES string of the molecule is COc1c2n(cc(C(=O)O)c1=O)CC(C)N(C)C2=O. The Kier molecular flexibility index (Phi) is 3.05. The Hall–Kier alpha value is -2.31. The van der Waals surface area contributed by atoms with E-state index in [0.717, 1.165) is 0 Å². The number of carboxylic acid groups (broad SMARTS) is 1. The second-order valence-corrected chi connectivity index (χ2v) is 4.48. The second-order valence-electron chi connectivity index (χ2n) is 4.48. The molecule has 0 saturated carbocycles. The number of fused-ring (bicyclic) bond motifs is 1. The zero-order valence-electron chi connectivity index (χ0n) is 10.8. The first-order valence-electron chi connectivity index (χ1n) is 5.70. The molecule has 2 heterocycles. The average molecular weight is 266 g/mol. The van der Waals surface area contributed by atoms with Crippen molar-refractivity contribution in [2.24, 2.45) is 0 Å². The summed E-state index contributed by atoms with van der Waals surface area (Å²) in [5.41, 5.74) is -1.08. The molecule has 0 saturated heterocycles. The largest absolute Gasteiger partial charge is 0.491 e. The molecule has 0 radical (unpaired) electrons. The lowest BCUT2D eigenvalue weighted by molar-refractivity contribution is 0.0649. The van der Waals surface area contributed by atoms with Gasteiger partial charge in [0.25, 0.3) is 5.91 Å². The van der Waals surface area contributed by atoms with E-state index in [1.165, 1.54) is 22.8 Å². The summed E-state index contributed by atoms with van der Waals surface area (Å²) >= 11 is 0. The number of rotatable bonds is 2. The third-order valence-corrected chi connectivity index (χ3v) is 3.32. The van der Waals surface area contributed by atoms with Crippen molar-refractivity contribution in [1.82, 2.24) is 9.47 Å². The fourth-order valence-electron chi connectivity index (χ4n) is 2.12. The van der Waals surface area contributed by atoms with E-state index in [1.807, 2.05) is 6.92 Å². The van der Waals surface area contributed by atoms with Crippen molar-refractivity contribution in [3.05, 3.63) is 27.7 Å². The molecule has 0 bridgehead atoms. The van der Waals surface area contributed by atoms with Gasteiger partial charge >= 0.3 is 5.97 Å². The first-order valence-corrected chi connectivity index (χ1v) is 5.70. The highest BCUT2D eigenvalue weighted by molar-refractivity contribution is 5.97. The van der Waals surface area contributed by atoms with Gasteiger partial charge in [-0.05, 0) is 6.92 Å². The minimum Gasteiger partial charge on any atom is -0.491 e. The Bertz CT molecular complexity index is 619. The van der Waals surface area contributed by atoms with Crippen LogP contribution < -0.4 is 10.2 Å². The smallest absolute Gasteiger partial charge is 0.341 e. The molecule has 102 valence electrons. The minimum atomic E-state index is -1.34. The third kappa shape index (κ3) is 1.87. The Morgan fingerprint density at radius 3 is 2.63 bits per heavy atom. The quantitative estimate of drug-likeness (QED) is 0.815. The predicted molar refractivity (Wildman–Crippen MR) is 65.8 cm³/mol. The van der Waals surface area contributed by atoms with Crippen LogP contribution in [0.15, 0.2) is 11.0 Å². The van der Waals surface area contributed by atoms with Crippen molar-refractivity contribution < 1.29 is 19.4 Å². The molecule has 7 heteroatoms. The van der Waals surface area contributed by atoms with Crippen molar-refractivity contribution in [3.63, 3.8) is 0 Å². The van der Waals surface area contributed by atoms with Crippen molar-refractivity contribution in [2.75, 3.05) is 14.2 Å². The molecule has 1 N–H and O–H groups in total. The van der Waals surface area contributed by atoms with Gasteiger partial charge in [0.15, 0.2) is 11.4 Å². The van der Waals surface area contributed by atoms with Crippen LogP contribution in [0.1, 0.15) is 27.8 Å². The molecule has 0 aromatic carbocycles. The summed E-state index contributed by atoms with van der Waals surface area (Å²) in [6.07, 6.45) is 1.20. The Balaban J connectivity index is 2.78. The summed E-state index contributed by atoms with van der Waals surface area (Å²) in [7, 11) is 2.88. The fourth-order valence-corrected chi connectivity index (χ4v) is 2.12. The summed E-state index contributed by atoms with van der Waals surface area (Å²) in [4.78, 5) is 36.7. The molecule has 0 spiro atoms. The molecule has 7 nitrogen and oxygen atoms in total. The molecule has 1 atom stereocenters. The van der Waals surface area contributed by atoms with E-state index >= 15 is 0 Å². The highest BCUT2D eigenvalue weighted by Crippen LogP contribution is 2.23. The number of aromatic carboxylic acids is 1. The van der Waals surface area contributed by atoms with Gasteiger partial charge in [0.05, 0.1) is 7.11 Å². The van der Waals surface area contributed by atoms with E-state index in [1.54, 1.807) is 7.05 Å². The number of likely N-dealkylation sites (N-methyl/N-ethyl adjacent to an activating group) is 1. The summed E-state index contributed by atoms with van der Waals surface area (Å²) in [5, 5.41) is 9.01. The van der Waals surface area contributed by atoms with Crippen LogP contribution in [-0.2, 0) is 6.54 Å². The number of pyridine rings is 1. The minimum absolute atomic E-state index is 0.0890. The van der Waals surface area contributed by atoms with Crippen LogP contribution in [0.2, 0.25) is 0 Å². The number of hydrogen-bond acceptors (Lipinski definition) is 4. The van der Waals surface area contributed by atoms with Gasteiger partial charge in [0.2, 0.25) is 5.43 Å². The van der Waals surface area contributed by atoms with E-state index < -0.39 is 17.0 Å². The van der Waals surface area contributed by atoms with Gasteiger partial charge in [0, 0.05) is 25.8 Å². The molecular weight excluding hydrogens is 252 g/mol. The number of nitrogens with zero attached hydrogens (tertiary/aromatic N) is 2. The van der Waals surface area contributed by atoms with Crippen molar-refractivity contribution >= 4 is 11.9 Å². The highest BCUT2D eigenvalue weighted by Gasteiger charge is 2.32. The molecule has 0 aliphatic carbocycles. The molecule has 1 aliphatic rings. The van der Waals surface area contributed by atoms with Crippen molar-refractivity contribution in [3.8, 4) is 5.75 Å². The number of methoxy groups -OCH3 is 1. The summed E-state index contributed by atoms with van der Waals surface area (Å²) < 4.78 is 6.41. The summed E-state index contributed by atoms with van der Waals surface area (Å²) in [6.45, 7) is 2.25. The number of ether oxygens (including phenoxy) is 1. The first-order chi connectivity index (χ1) is 8.88. The number of hydrogen-bond donors (Lipinski definition) is 1. The molecular formula is C12H14N2O5. The summed E-state index contributed by atoms with van der Waals surface area (Å²) in [5.74, 6) is -1.91. The van der Waals surface area contributed by atoms with Crippen LogP contribution in [0.25, 0.3) is 0 Å². The molecule has 1 aromatic heterocycles. The van der Waals surface area contributed by atoms with Gasteiger partial charge in [0.1, 0.15) is 5.56 Å². The Labute approximate surface area is 109 Å². The standard InChI is InChI=1S/C12H14N2O5/c1-6-4-14-5-7(12(17)18)9(15)10(19-3)8(14)11(16)13(6)2/h5-6H,4H2,1-3H3,(H,17,18). The number of carbonyl (C=O) groups excluding carboxylic acids is 1. The molecule has 1 aromatic rings. The summed E-state index contributed by atoms with van der Waals surface area (Å²) in [6, 6.07) is -0.0890. The zero-order valence-corrected chi connectivity index (χ0v) is 10.8. The highest BCUT2D eigenvalue weighted by atomic mass is 16.5. The zero-order chi connectivity index (χ0) is 14.3. The molecule has 1 amide bonds. The third-order valence-electron chi connectivity index (χ3n) is 3.32. The maximum absolute atomic E-state index is 12.2. The molecule has 19 heavy (non-hydrogen) atoms. The van der Waals surface area contributed by atoms with E-state index in [4.69, 9.17) is 9.84 Å². The predicted octanol–water partition coefficient (Wildman–Crippen LogP) is 0.0292. The van der Waals surface area contributed by atoms with Crippen LogP contribution in [-0.4, -0.2) is 46.6 Å². The maximum atomic E-state index is 12.2. The van der Waals surface area contributed by atoms with Gasteiger partial charge in [-0.15, -0.1) is 0 Å². The van der Waals surface area contributed by atoms with Crippen molar-refractivity contribution in [2.45, 2.75) is 19.5 Å². The van der Waals surface area contributed by atoms with Crippen LogP contribution in [0.5, 0.6) is 5.75 Å². The lowest BCUT2D eigenvalue weighted by atomic mass is 10.1. The second kappa shape index (κ2) is 4.42. The van der Waals surface area contributed by atoms with E-state index in [0.29, 0.717) is 6.54 Å². The van der Waals surface area contributed by atoms with Gasteiger partial charge in [-0.25, -0.2) is 4.79 Å². The maximum Gasteiger partial charge on any atom is 0.341 e. The average Bonchev–Trinajstić information content (AvgIpc) is 2.36. The van der Waals surface area contributed by atoms with Crippen LogP contribution in [0.4, 0.5) is 0 Å². The normalized spacial score (nSPS) is 18.2. The monoisotopic (exact) mass is 266 g/mol. The molecule has 1 unspecified atom stereocenters. The van der Waals surface area contributed by atoms with E-state index in [-0.39, 0.29) is 23.4 Å². The Morgan fingerprint density at radius 2 is 2.11 bits per heavy atom. The lowest BCUT2D eigenvalue weighted by Gasteiger charge is -2.33. The number of aromatic nitrogens is 1. The van der Waals surface area contributed by atoms with E-state index in [9.17, 15) is 14.4 Å². The van der Waals surface area contributed by atoms with Gasteiger partial charge in [-0.3, -0.25) is 9.59 Å². The Morgan fingerprint density at radius 1 is 1.47 bits per heavy atom. The van der Waals surface area contributed by atoms with Gasteiger partial charge in [-0.2, -0.15) is 0 Å².